The van der Waals surface area contributed by atoms with Gasteiger partial charge in [-0.05, 0) is 24.2 Å². The van der Waals surface area contributed by atoms with Crippen LogP contribution < -0.4 is 4.90 Å². The van der Waals surface area contributed by atoms with Crippen molar-refractivity contribution >= 4 is 17.1 Å². The lowest BCUT2D eigenvalue weighted by atomic mass is 9.83. The predicted molar refractivity (Wildman–Crippen MR) is 89.1 cm³/mol. The fraction of sp³-hybridized carbons (Fsp3) is 0.625. The van der Waals surface area contributed by atoms with Crippen LogP contribution in [0.3, 0.4) is 0 Å². The van der Waals surface area contributed by atoms with Crippen LogP contribution in [-0.2, 0) is 6.18 Å². The zero-order chi connectivity index (χ0) is 19.9. The van der Waals surface area contributed by atoms with Gasteiger partial charge >= 0.3 is 6.18 Å². The highest BCUT2D eigenvalue weighted by Crippen LogP contribution is 2.45. The second-order valence-corrected chi connectivity index (χ2v) is 7.56. The minimum absolute atomic E-state index is 0.282. The minimum Gasteiger partial charge on any atom is -0.360 e. The minimum atomic E-state index is -4.92. The van der Waals surface area contributed by atoms with Gasteiger partial charge in [0.15, 0.2) is 5.69 Å². The molecular formula is C16H20F3N3O4. The number of hydrogen-bond donors (Lipinski definition) is 0. The molecule has 0 saturated carbocycles. The van der Waals surface area contributed by atoms with E-state index in [1.807, 2.05) is 20.8 Å². The number of alkyl halides is 3. The Morgan fingerprint density at radius 2 is 1.65 bits per heavy atom. The van der Waals surface area contributed by atoms with E-state index in [4.69, 9.17) is 0 Å². The van der Waals surface area contributed by atoms with E-state index in [9.17, 15) is 33.4 Å². The van der Waals surface area contributed by atoms with Crippen LogP contribution >= 0.6 is 0 Å². The Morgan fingerprint density at radius 1 is 1.15 bits per heavy atom. The highest BCUT2D eigenvalue weighted by atomic mass is 19.4. The Bertz CT molecular complexity index is 699. The van der Waals surface area contributed by atoms with Crippen LogP contribution in [0.1, 0.15) is 39.2 Å². The molecule has 0 aromatic heterocycles. The Balaban J connectivity index is 2.69. The fourth-order valence-corrected chi connectivity index (χ4v) is 3.64. The van der Waals surface area contributed by atoms with Gasteiger partial charge in [0.1, 0.15) is 0 Å². The van der Waals surface area contributed by atoms with E-state index in [0.717, 1.165) is 6.42 Å². The molecule has 1 heterocycles. The third-order valence-electron chi connectivity index (χ3n) is 4.52. The zero-order valence-corrected chi connectivity index (χ0v) is 14.7. The van der Waals surface area contributed by atoms with Crippen LogP contribution in [0.2, 0.25) is 0 Å². The van der Waals surface area contributed by atoms with Crippen molar-refractivity contribution < 1.29 is 23.0 Å². The van der Waals surface area contributed by atoms with E-state index in [-0.39, 0.29) is 17.6 Å². The standard InChI is InChI=1S/C16H20F3N3O4/c1-10-4-5-20(9-15(2,3)8-10)14-12(21(23)24)6-11(16(17,18)19)7-13(14)22(25)26/h6-7,10H,4-5,8-9H2,1-3H3/t10-/m1/s1. The van der Waals surface area contributed by atoms with E-state index < -0.39 is 33.0 Å². The maximum atomic E-state index is 13.0. The van der Waals surface area contributed by atoms with Crippen molar-refractivity contribution in [1.29, 1.82) is 0 Å². The molecule has 1 saturated heterocycles. The molecule has 0 radical (unpaired) electrons. The molecule has 2 rings (SSSR count). The van der Waals surface area contributed by atoms with E-state index in [1.165, 1.54) is 4.90 Å². The lowest BCUT2D eigenvalue weighted by Crippen LogP contribution is -2.33. The summed E-state index contributed by atoms with van der Waals surface area (Å²) in [7, 11) is 0. The number of benzene rings is 1. The van der Waals surface area contributed by atoms with Gasteiger partial charge in [0.25, 0.3) is 11.4 Å². The van der Waals surface area contributed by atoms with Crippen molar-refractivity contribution in [1.82, 2.24) is 0 Å². The molecule has 0 bridgehead atoms. The van der Waals surface area contributed by atoms with Gasteiger partial charge in [-0.25, -0.2) is 0 Å². The number of nitro groups is 2. The average molecular weight is 375 g/mol. The quantitative estimate of drug-likeness (QED) is 0.560. The molecule has 1 atom stereocenters. The summed E-state index contributed by atoms with van der Waals surface area (Å²) in [5.41, 5.74) is -3.83. The van der Waals surface area contributed by atoms with Crippen molar-refractivity contribution in [3.63, 3.8) is 0 Å². The molecule has 0 amide bonds. The lowest BCUT2D eigenvalue weighted by Gasteiger charge is -2.31. The zero-order valence-electron chi connectivity index (χ0n) is 14.7. The lowest BCUT2D eigenvalue weighted by molar-refractivity contribution is -0.393. The third-order valence-corrected chi connectivity index (χ3v) is 4.52. The molecule has 1 aliphatic rings. The van der Waals surface area contributed by atoms with Gasteiger partial charge in [-0.3, -0.25) is 20.2 Å². The van der Waals surface area contributed by atoms with Crippen LogP contribution in [0.15, 0.2) is 12.1 Å². The van der Waals surface area contributed by atoms with Crippen molar-refractivity contribution in [3.05, 3.63) is 37.9 Å². The Labute approximate surface area is 148 Å². The second-order valence-electron chi connectivity index (χ2n) is 7.56. The third kappa shape index (κ3) is 4.23. The summed E-state index contributed by atoms with van der Waals surface area (Å²) in [6.07, 6.45) is -3.47. The summed E-state index contributed by atoms with van der Waals surface area (Å²) < 4.78 is 39.1. The predicted octanol–water partition coefficient (Wildman–Crippen LogP) is 4.78. The van der Waals surface area contributed by atoms with Crippen molar-refractivity contribution in [2.75, 3.05) is 18.0 Å². The highest BCUT2D eigenvalue weighted by molar-refractivity contribution is 5.76. The Hall–Kier alpha value is -2.39. The van der Waals surface area contributed by atoms with Crippen molar-refractivity contribution in [3.8, 4) is 0 Å². The van der Waals surface area contributed by atoms with E-state index in [0.29, 0.717) is 31.0 Å². The molecule has 0 aliphatic carbocycles. The van der Waals surface area contributed by atoms with Crippen molar-refractivity contribution in [2.24, 2.45) is 11.3 Å². The van der Waals surface area contributed by atoms with Crippen molar-refractivity contribution in [2.45, 2.75) is 39.8 Å². The summed E-state index contributed by atoms with van der Waals surface area (Å²) in [5.74, 6) is 0.294. The van der Waals surface area contributed by atoms with Gasteiger partial charge in [-0.2, -0.15) is 13.2 Å². The largest absolute Gasteiger partial charge is 0.416 e. The number of nitro benzene ring substituents is 2. The number of halogens is 3. The number of hydrogen-bond acceptors (Lipinski definition) is 5. The molecule has 144 valence electrons. The molecule has 1 aliphatic heterocycles. The van der Waals surface area contributed by atoms with Crippen LogP contribution in [0.5, 0.6) is 0 Å². The molecule has 1 aromatic carbocycles. The SMILES string of the molecule is C[C@@H]1CCN(c2c([N+](=O)[O-])cc(C(F)(F)F)cc2[N+](=O)[O-])CC(C)(C)C1. The molecule has 0 unspecified atom stereocenters. The first-order valence-electron chi connectivity index (χ1n) is 8.11. The molecule has 1 fully saturated rings. The maximum Gasteiger partial charge on any atom is 0.416 e. The number of rotatable bonds is 3. The first kappa shape index (κ1) is 19.9. The molecule has 7 nitrogen and oxygen atoms in total. The monoisotopic (exact) mass is 375 g/mol. The molecule has 0 N–H and O–H groups in total. The maximum absolute atomic E-state index is 13.0. The van der Waals surface area contributed by atoms with Crippen LogP contribution in [-0.4, -0.2) is 22.9 Å². The van der Waals surface area contributed by atoms with E-state index >= 15 is 0 Å². The fourth-order valence-electron chi connectivity index (χ4n) is 3.64. The summed E-state index contributed by atoms with van der Waals surface area (Å²) in [5, 5.41) is 22.8. The average Bonchev–Trinajstić information content (AvgIpc) is 2.61. The van der Waals surface area contributed by atoms with Crippen LogP contribution in [0.4, 0.5) is 30.2 Å². The Kier molecular flexibility index (Phi) is 5.16. The number of anilines is 1. The Morgan fingerprint density at radius 3 is 2.08 bits per heavy atom. The molecule has 10 heteroatoms. The topological polar surface area (TPSA) is 89.5 Å². The van der Waals surface area contributed by atoms with Crippen LogP contribution in [0.25, 0.3) is 0 Å². The van der Waals surface area contributed by atoms with Gasteiger partial charge in [0.05, 0.1) is 15.4 Å². The molecule has 0 spiro atoms. The van der Waals surface area contributed by atoms with Gasteiger partial charge in [0, 0.05) is 25.2 Å². The van der Waals surface area contributed by atoms with Gasteiger partial charge in [-0.15, -0.1) is 0 Å². The highest BCUT2D eigenvalue weighted by Gasteiger charge is 2.40. The molecule has 26 heavy (non-hydrogen) atoms. The van der Waals surface area contributed by atoms with Gasteiger partial charge in [-0.1, -0.05) is 20.8 Å². The molecular weight excluding hydrogens is 355 g/mol. The van der Waals surface area contributed by atoms with Gasteiger partial charge in [0.2, 0.25) is 0 Å². The first-order chi connectivity index (χ1) is 11.8. The van der Waals surface area contributed by atoms with Gasteiger partial charge < -0.3 is 4.90 Å². The second kappa shape index (κ2) is 6.73. The summed E-state index contributed by atoms with van der Waals surface area (Å²) in [6, 6.07) is 0.757. The summed E-state index contributed by atoms with van der Waals surface area (Å²) in [6.45, 7) is 6.47. The first-order valence-corrected chi connectivity index (χ1v) is 8.11. The molecule has 1 aromatic rings. The number of nitrogens with zero attached hydrogens (tertiary/aromatic N) is 3. The summed E-state index contributed by atoms with van der Waals surface area (Å²) in [4.78, 5) is 22.3. The summed E-state index contributed by atoms with van der Waals surface area (Å²) >= 11 is 0. The normalized spacial score (nSPS) is 20.5. The van der Waals surface area contributed by atoms with E-state index in [2.05, 4.69) is 0 Å². The van der Waals surface area contributed by atoms with E-state index in [1.54, 1.807) is 0 Å². The van der Waals surface area contributed by atoms with Crippen LogP contribution in [0, 0.1) is 31.6 Å². The smallest absolute Gasteiger partial charge is 0.360 e.